The highest BCUT2D eigenvalue weighted by atomic mass is 32.1. The third-order valence-corrected chi connectivity index (χ3v) is 6.40. The molecule has 2 heterocycles. The van der Waals surface area contributed by atoms with Gasteiger partial charge in [0.2, 0.25) is 0 Å². The Balaban J connectivity index is 1.73. The molecule has 9 nitrogen and oxygen atoms in total. The van der Waals surface area contributed by atoms with Crippen LogP contribution in [-0.2, 0) is 15.1 Å². The molecule has 1 aromatic carbocycles. The monoisotopic (exact) mass is 519 g/mol. The molecule has 1 unspecified atom stereocenters. The van der Waals surface area contributed by atoms with E-state index in [1.54, 1.807) is 48.3 Å². The third-order valence-electron chi connectivity index (χ3n) is 5.64. The Morgan fingerprint density at radius 2 is 2.05 bits per heavy atom. The molecule has 37 heavy (non-hydrogen) atoms. The van der Waals surface area contributed by atoms with Crippen LogP contribution in [0.15, 0.2) is 48.1 Å². The van der Waals surface area contributed by atoms with Crippen molar-refractivity contribution < 1.29 is 19.1 Å². The molecule has 0 saturated carbocycles. The summed E-state index contributed by atoms with van der Waals surface area (Å²) in [5, 5.41) is 16.8. The van der Waals surface area contributed by atoms with Crippen LogP contribution in [0.25, 0.3) is 17.3 Å². The minimum Gasteiger partial charge on any atom is -0.382 e. The van der Waals surface area contributed by atoms with Gasteiger partial charge in [-0.2, -0.15) is 5.26 Å². The van der Waals surface area contributed by atoms with Crippen molar-refractivity contribution in [3.63, 3.8) is 0 Å². The van der Waals surface area contributed by atoms with Crippen molar-refractivity contribution in [1.29, 1.82) is 5.26 Å². The van der Waals surface area contributed by atoms with Gasteiger partial charge in [-0.1, -0.05) is 24.3 Å². The number of nitriles is 1. The van der Waals surface area contributed by atoms with Crippen LogP contribution >= 0.6 is 11.3 Å². The molecule has 2 amide bonds. The number of nitrogens with one attached hydrogen (secondary N) is 2. The van der Waals surface area contributed by atoms with Crippen LogP contribution in [0, 0.1) is 11.3 Å². The molecule has 0 aliphatic heterocycles. The van der Waals surface area contributed by atoms with Crippen LogP contribution in [-0.4, -0.2) is 46.9 Å². The summed E-state index contributed by atoms with van der Waals surface area (Å²) in [6.07, 6.45) is 6.94. The number of nitrogens with zero attached hydrogens (tertiary/aromatic N) is 3. The number of carbonyl (C=O) groups is 3. The molecular weight excluding hydrogens is 490 g/mol. The van der Waals surface area contributed by atoms with Crippen molar-refractivity contribution in [3.8, 4) is 17.3 Å². The van der Waals surface area contributed by atoms with Gasteiger partial charge in [-0.05, 0) is 45.4 Å². The largest absolute Gasteiger partial charge is 0.382 e. The first-order valence-corrected chi connectivity index (χ1v) is 12.4. The lowest BCUT2D eigenvalue weighted by atomic mass is 9.99. The maximum Gasteiger partial charge on any atom is 0.253 e. The summed E-state index contributed by atoms with van der Waals surface area (Å²) in [6.45, 7) is 6.82. The molecule has 1 atom stereocenters. The van der Waals surface area contributed by atoms with Crippen molar-refractivity contribution in [2.24, 2.45) is 0 Å². The summed E-state index contributed by atoms with van der Waals surface area (Å²) in [5.41, 5.74) is 2.28. The second kappa shape index (κ2) is 11.8. The summed E-state index contributed by atoms with van der Waals surface area (Å²) < 4.78 is 6.77. The zero-order valence-corrected chi connectivity index (χ0v) is 22.2. The summed E-state index contributed by atoms with van der Waals surface area (Å²) in [7, 11) is 1.43. The number of anilines is 1. The molecule has 0 fully saturated rings. The zero-order valence-electron chi connectivity index (χ0n) is 21.4. The standard InChI is InChI=1S/C27H29N5O4S/c1-6-7-18-8-9-19(12-21(18)17(2)33)23-15-37-26(30-23)31-25(35)22(14-36-5)29-24(34)20-10-11-32(13-20)27(3,4)16-28/h6-13,15,22H,14H2,1-5H3,(H,29,34)(H,30,31,35)/b7-6-. The number of ketones is 1. The van der Waals surface area contributed by atoms with E-state index in [4.69, 9.17) is 4.74 Å². The zero-order chi connectivity index (χ0) is 27.2. The van der Waals surface area contributed by atoms with Crippen molar-refractivity contribution in [2.45, 2.75) is 39.3 Å². The Hall–Kier alpha value is -4.07. The molecule has 2 N–H and O–H groups in total. The predicted octanol–water partition coefficient (Wildman–Crippen LogP) is 4.49. The number of benzene rings is 1. The Labute approximate surface area is 219 Å². The number of amides is 2. The van der Waals surface area contributed by atoms with E-state index >= 15 is 0 Å². The van der Waals surface area contributed by atoms with E-state index in [-0.39, 0.29) is 12.4 Å². The molecule has 0 aliphatic rings. The third kappa shape index (κ3) is 6.58. The number of rotatable bonds is 10. The highest BCUT2D eigenvalue weighted by Gasteiger charge is 2.25. The van der Waals surface area contributed by atoms with E-state index in [0.29, 0.717) is 22.0 Å². The lowest BCUT2D eigenvalue weighted by molar-refractivity contribution is -0.119. The van der Waals surface area contributed by atoms with Crippen LogP contribution in [0.4, 0.5) is 5.13 Å². The molecule has 0 saturated heterocycles. The molecule has 0 radical (unpaired) electrons. The smallest absolute Gasteiger partial charge is 0.253 e. The fourth-order valence-electron chi connectivity index (χ4n) is 3.53. The number of hydrogen-bond donors (Lipinski definition) is 2. The second-order valence-corrected chi connectivity index (χ2v) is 9.70. The van der Waals surface area contributed by atoms with Crippen LogP contribution in [0.1, 0.15) is 54.0 Å². The fourth-order valence-corrected chi connectivity index (χ4v) is 4.25. The molecule has 2 aromatic heterocycles. The molecule has 3 aromatic rings. The van der Waals surface area contributed by atoms with E-state index in [1.165, 1.54) is 25.4 Å². The number of carbonyl (C=O) groups excluding carboxylic acids is 3. The molecule has 0 spiro atoms. The Morgan fingerprint density at radius 1 is 1.30 bits per heavy atom. The lowest BCUT2D eigenvalue weighted by Gasteiger charge is -2.18. The normalized spacial score (nSPS) is 12.2. The molecule has 0 bridgehead atoms. The highest BCUT2D eigenvalue weighted by molar-refractivity contribution is 7.14. The average Bonchev–Trinajstić information content (AvgIpc) is 3.55. The van der Waals surface area contributed by atoms with E-state index < -0.39 is 23.4 Å². The second-order valence-electron chi connectivity index (χ2n) is 8.85. The van der Waals surface area contributed by atoms with Gasteiger partial charge in [-0.15, -0.1) is 11.3 Å². The van der Waals surface area contributed by atoms with Crippen molar-refractivity contribution in [1.82, 2.24) is 14.9 Å². The van der Waals surface area contributed by atoms with Gasteiger partial charge in [0.15, 0.2) is 10.9 Å². The van der Waals surface area contributed by atoms with Gasteiger partial charge in [0.25, 0.3) is 11.8 Å². The van der Waals surface area contributed by atoms with Crippen molar-refractivity contribution in [2.75, 3.05) is 19.0 Å². The molecule has 192 valence electrons. The molecular formula is C27H29N5O4S. The van der Waals surface area contributed by atoms with Gasteiger partial charge in [0.1, 0.15) is 11.6 Å². The van der Waals surface area contributed by atoms with E-state index in [0.717, 1.165) is 11.1 Å². The quantitative estimate of drug-likeness (QED) is 0.380. The van der Waals surface area contributed by atoms with E-state index in [9.17, 15) is 19.6 Å². The Bertz CT molecular complexity index is 1380. The number of methoxy groups -OCH3 is 1. The number of thiazole rings is 1. The van der Waals surface area contributed by atoms with Gasteiger partial charge >= 0.3 is 0 Å². The number of aromatic nitrogens is 2. The van der Waals surface area contributed by atoms with Gasteiger partial charge in [-0.25, -0.2) is 4.98 Å². The molecule has 3 rings (SSSR count). The maximum absolute atomic E-state index is 12.9. The highest BCUT2D eigenvalue weighted by Crippen LogP contribution is 2.27. The van der Waals surface area contributed by atoms with E-state index in [2.05, 4.69) is 21.7 Å². The lowest BCUT2D eigenvalue weighted by Crippen LogP contribution is -2.46. The van der Waals surface area contributed by atoms with E-state index in [1.807, 2.05) is 31.2 Å². The minimum atomic E-state index is -0.971. The van der Waals surface area contributed by atoms with Crippen LogP contribution in [0.2, 0.25) is 0 Å². The molecule has 0 aliphatic carbocycles. The fraction of sp³-hybridized carbons (Fsp3) is 0.296. The Kier molecular flexibility index (Phi) is 8.76. The maximum atomic E-state index is 12.9. The van der Waals surface area contributed by atoms with Crippen molar-refractivity contribution >= 4 is 40.1 Å². The van der Waals surface area contributed by atoms with Gasteiger partial charge in [0.05, 0.1) is 23.9 Å². The van der Waals surface area contributed by atoms with Gasteiger partial charge in [0, 0.05) is 36.0 Å². The Morgan fingerprint density at radius 3 is 2.70 bits per heavy atom. The van der Waals surface area contributed by atoms with Gasteiger partial charge in [-0.3, -0.25) is 14.4 Å². The minimum absolute atomic E-state index is 0.0470. The first kappa shape index (κ1) is 27.5. The number of hydrogen-bond acceptors (Lipinski definition) is 7. The first-order chi connectivity index (χ1) is 17.6. The van der Waals surface area contributed by atoms with Gasteiger partial charge < -0.3 is 19.9 Å². The van der Waals surface area contributed by atoms with Crippen molar-refractivity contribution in [3.05, 3.63) is 64.8 Å². The first-order valence-electron chi connectivity index (χ1n) is 11.5. The number of Topliss-reactive ketones (excluding diaryl/α,β-unsaturated/α-hetero) is 1. The van der Waals surface area contributed by atoms with Crippen LogP contribution < -0.4 is 10.6 Å². The summed E-state index contributed by atoms with van der Waals surface area (Å²) in [6, 6.07) is 8.30. The van der Waals surface area contributed by atoms with Crippen LogP contribution in [0.5, 0.6) is 0 Å². The number of ether oxygens (including phenoxy) is 1. The summed E-state index contributed by atoms with van der Waals surface area (Å²) >= 11 is 1.23. The van der Waals surface area contributed by atoms with Crippen LogP contribution in [0.3, 0.4) is 0 Å². The topological polar surface area (TPSA) is 126 Å². The molecule has 10 heteroatoms. The SMILES string of the molecule is C/C=C\c1ccc(-c2csc(NC(=O)C(COC)NC(=O)c3ccn(C(C)(C)C#N)c3)n2)cc1C(C)=O. The summed E-state index contributed by atoms with van der Waals surface area (Å²) in [5.74, 6) is -1.01. The average molecular weight is 520 g/mol. The number of allylic oxidation sites excluding steroid dienone is 1. The predicted molar refractivity (Wildman–Crippen MR) is 143 cm³/mol. The summed E-state index contributed by atoms with van der Waals surface area (Å²) in [4.78, 5) is 42.3.